The molecule has 2 aromatic carbocycles. The standard InChI is InChI=1S/C22H17F4N5OS/c1-12(20-27-18(30-32-20)13-5-4-6-14(11-13)22(24,25)26)33-21-29-28-19(31(21)15-9-10-15)16-7-2-3-8-17(16)23/h2-8,11-12,15H,9-10H2,1H3. The summed E-state index contributed by atoms with van der Waals surface area (Å²) < 4.78 is 60.6. The number of hydrogen-bond acceptors (Lipinski definition) is 6. The number of hydrogen-bond donors (Lipinski definition) is 0. The first-order chi connectivity index (χ1) is 15.8. The number of rotatable bonds is 6. The van der Waals surface area contributed by atoms with E-state index in [0.717, 1.165) is 25.0 Å². The van der Waals surface area contributed by atoms with Crippen LogP contribution in [0.5, 0.6) is 0 Å². The topological polar surface area (TPSA) is 69.6 Å². The van der Waals surface area contributed by atoms with Crippen molar-refractivity contribution in [1.82, 2.24) is 24.9 Å². The first-order valence-corrected chi connectivity index (χ1v) is 11.1. The van der Waals surface area contributed by atoms with Crippen LogP contribution in [0.2, 0.25) is 0 Å². The lowest BCUT2D eigenvalue weighted by atomic mass is 10.1. The molecule has 11 heteroatoms. The number of benzene rings is 2. The molecule has 4 aromatic rings. The van der Waals surface area contributed by atoms with E-state index >= 15 is 0 Å². The zero-order chi connectivity index (χ0) is 23.2. The van der Waals surface area contributed by atoms with Gasteiger partial charge in [-0.2, -0.15) is 18.2 Å². The van der Waals surface area contributed by atoms with Crippen molar-refractivity contribution >= 4 is 11.8 Å². The van der Waals surface area contributed by atoms with E-state index in [1.54, 1.807) is 18.2 Å². The van der Waals surface area contributed by atoms with Crippen LogP contribution in [0.25, 0.3) is 22.8 Å². The van der Waals surface area contributed by atoms with Gasteiger partial charge in [-0.1, -0.05) is 41.2 Å². The molecular weight excluding hydrogens is 458 g/mol. The third-order valence-corrected chi connectivity index (χ3v) is 6.26. The van der Waals surface area contributed by atoms with E-state index in [-0.39, 0.29) is 34.4 Å². The Labute approximate surface area is 190 Å². The van der Waals surface area contributed by atoms with Crippen LogP contribution in [-0.2, 0) is 6.18 Å². The van der Waals surface area contributed by atoms with Crippen molar-refractivity contribution in [2.75, 3.05) is 0 Å². The maximum Gasteiger partial charge on any atom is 0.416 e. The van der Waals surface area contributed by atoms with Gasteiger partial charge in [-0.05, 0) is 44.0 Å². The highest BCUT2D eigenvalue weighted by molar-refractivity contribution is 7.99. The summed E-state index contributed by atoms with van der Waals surface area (Å²) in [6.07, 6.45) is -2.57. The second-order valence-electron chi connectivity index (χ2n) is 7.68. The van der Waals surface area contributed by atoms with Crippen LogP contribution in [0, 0.1) is 5.82 Å². The molecule has 1 aliphatic rings. The summed E-state index contributed by atoms with van der Waals surface area (Å²) in [5.41, 5.74) is -0.201. The van der Waals surface area contributed by atoms with Crippen molar-refractivity contribution in [1.29, 1.82) is 0 Å². The Hall–Kier alpha value is -3.21. The van der Waals surface area contributed by atoms with Crippen molar-refractivity contribution in [3.05, 3.63) is 65.8 Å². The number of thioether (sulfide) groups is 1. The van der Waals surface area contributed by atoms with Gasteiger partial charge in [-0.25, -0.2) is 4.39 Å². The van der Waals surface area contributed by atoms with Gasteiger partial charge < -0.3 is 4.52 Å². The molecule has 2 aromatic heterocycles. The molecule has 1 saturated carbocycles. The second-order valence-corrected chi connectivity index (χ2v) is 8.99. The first kappa shape index (κ1) is 21.6. The van der Waals surface area contributed by atoms with Gasteiger partial charge in [0.25, 0.3) is 0 Å². The summed E-state index contributed by atoms with van der Waals surface area (Å²) >= 11 is 1.32. The van der Waals surface area contributed by atoms with Gasteiger partial charge in [0.05, 0.1) is 16.4 Å². The van der Waals surface area contributed by atoms with Gasteiger partial charge in [0, 0.05) is 11.6 Å². The van der Waals surface area contributed by atoms with Crippen LogP contribution in [-0.4, -0.2) is 24.9 Å². The third kappa shape index (κ3) is 4.37. The normalized spacial score (nSPS) is 15.1. The van der Waals surface area contributed by atoms with Gasteiger partial charge in [0.2, 0.25) is 11.7 Å². The van der Waals surface area contributed by atoms with E-state index in [1.807, 2.05) is 11.5 Å². The Kier molecular flexibility index (Phi) is 5.43. The summed E-state index contributed by atoms with van der Waals surface area (Å²) in [5.74, 6) is 0.393. The molecule has 0 spiro atoms. The van der Waals surface area contributed by atoms with Gasteiger partial charge in [0.15, 0.2) is 11.0 Å². The van der Waals surface area contributed by atoms with Crippen molar-refractivity contribution in [2.24, 2.45) is 0 Å². The fraction of sp³-hybridized carbons (Fsp3) is 0.273. The van der Waals surface area contributed by atoms with Gasteiger partial charge >= 0.3 is 6.18 Å². The predicted molar refractivity (Wildman–Crippen MR) is 113 cm³/mol. The smallest absolute Gasteiger partial charge is 0.338 e. The summed E-state index contributed by atoms with van der Waals surface area (Å²) in [4.78, 5) is 4.29. The summed E-state index contributed by atoms with van der Waals surface area (Å²) in [5, 5.41) is 12.6. The Bertz CT molecular complexity index is 1300. The molecule has 170 valence electrons. The largest absolute Gasteiger partial charge is 0.416 e. The molecule has 0 bridgehead atoms. The van der Waals surface area contributed by atoms with Gasteiger partial charge in [0.1, 0.15) is 5.82 Å². The zero-order valence-corrected chi connectivity index (χ0v) is 18.1. The maximum absolute atomic E-state index is 14.4. The maximum atomic E-state index is 14.4. The molecule has 0 aliphatic heterocycles. The average molecular weight is 475 g/mol. The molecule has 1 atom stereocenters. The van der Waals surface area contributed by atoms with E-state index in [0.29, 0.717) is 16.5 Å². The number of alkyl halides is 3. The molecule has 0 N–H and O–H groups in total. The molecule has 0 amide bonds. The highest BCUT2D eigenvalue weighted by atomic mass is 32.2. The molecule has 0 saturated heterocycles. The van der Waals surface area contributed by atoms with Crippen LogP contribution >= 0.6 is 11.8 Å². The van der Waals surface area contributed by atoms with E-state index in [9.17, 15) is 17.6 Å². The fourth-order valence-corrected chi connectivity index (χ4v) is 4.36. The minimum absolute atomic E-state index is 0.0688. The molecule has 1 aliphatic carbocycles. The second kappa shape index (κ2) is 8.29. The van der Waals surface area contributed by atoms with E-state index in [2.05, 4.69) is 20.3 Å². The first-order valence-electron chi connectivity index (χ1n) is 10.2. The molecule has 0 radical (unpaired) electrons. The lowest BCUT2D eigenvalue weighted by molar-refractivity contribution is -0.137. The monoisotopic (exact) mass is 475 g/mol. The fourth-order valence-electron chi connectivity index (χ4n) is 3.41. The lowest BCUT2D eigenvalue weighted by Crippen LogP contribution is -2.04. The lowest BCUT2D eigenvalue weighted by Gasteiger charge is -2.11. The van der Waals surface area contributed by atoms with E-state index < -0.39 is 11.7 Å². The predicted octanol–water partition coefficient (Wildman–Crippen LogP) is 6.34. The molecule has 5 rings (SSSR count). The van der Waals surface area contributed by atoms with Crippen molar-refractivity contribution in [2.45, 2.75) is 42.4 Å². The molecule has 6 nitrogen and oxygen atoms in total. The van der Waals surface area contributed by atoms with E-state index in [1.165, 1.54) is 30.0 Å². The summed E-state index contributed by atoms with van der Waals surface area (Å²) in [6.45, 7) is 1.82. The van der Waals surface area contributed by atoms with Crippen molar-refractivity contribution in [3.8, 4) is 22.8 Å². The van der Waals surface area contributed by atoms with Crippen LogP contribution in [0.4, 0.5) is 17.6 Å². The summed E-state index contributed by atoms with van der Waals surface area (Å²) in [6, 6.07) is 11.4. The molecular formula is C22H17F4N5OS. The number of halogens is 4. The zero-order valence-electron chi connectivity index (χ0n) is 17.3. The number of aromatic nitrogens is 5. The average Bonchev–Trinajstić information content (AvgIpc) is 3.34. The molecule has 1 fully saturated rings. The Morgan fingerprint density at radius 2 is 1.88 bits per heavy atom. The Balaban J connectivity index is 1.40. The quantitative estimate of drug-likeness (QED) is 0.239. The molecule has 33 heavy (non-hydrogen) atoms. The van der Waals surface area contributed by atoms with Crippen LogP contribution in [0.15, 0.2) is 58.2 Å². The Morgan fingerprint density at radius 3 is 2.61 bits per heavy atom. The van der Waals surface area contributed by atoms with Crippen molar-refractivity contribution < 1.29 is 22.1 Å². The van der Waals surface area contributed by atoms with Crippen LogP contribution in [0.1, 0.15) is 42.5 Å². The van der Waals surface area contributed by atoms with Gasteiger partial charge in [-0.15, -0.1) is 10.2 Å². The SMILES string of the molecule is CC(Sc1nnc(-c2ccccc2F)n1C1CC1)c1nc(-c2cccc(C(F)(F)F)c2)no1. The van der Waals surface area contributed by atoms with E-state index in [4.69, 9.17) is 4.52 Å². The van der Waals surface area contributed by atoms with Crippen LogP contribution < -0.4 is 0 Å². The highest BCUT2D eigenvalue weighted by Crippen LogP contribution is 2.44. The molecule has 2 heterocycles. The Morgan fingerprint density at radius 1 is 1.09 bits per heavy atom. The minimum atomic E-state index is -4.46. The minimum Gasteiger partial charge on any atom is -0.338 e. The highest BCUT2D eigenvalue weighted by Gasteiger charge is 2.33. The third-order valence-electron chi connectivity index (χ3n) is 5.21. The molecule has 1 unspecified atom stereocenters. The summed E-state index contributed by atoms with van der Waals surface area (Å²) in [7, 11) is 0. The van der Waals surface area contributed by atoms with Gasteiger partial charge in [-0.3, -0.25) is 4.57 Å². The van der Waals surface area contributed by atoms with Crippen molar-refractivity contribution in [3.63, 3.8) is 0 Å². The number of nitrogens with zero attached hydrogens (tertiary/aromatic N) is 5. The van der Waals surface area contributed by atoms with Crippen LogP contribution in [0.3, 0.4) is 0 Å².